The van der Waals surface area contributed by atoms with Crippen molar-refractivity contribution in [1.82, 2.24) is 14.9 Å². The third-order valence-electron chi connectivity index (χ3n) is 4.13. The van der Waals surface area contributed by atoms with Gasteiger partial charge in [-0.3, -0.25) is 4.79 Å². The van der Waals surface area contributed by atoms with E-state index >= 15 is 0 Å². The number of ether oxygens (including phenoxy) is 1. The molecule has 138 valence electrons. The third kappa shape index (κ3) is 4.77. The maximum absolute atomic E-state index is 12.5. The molecule has 1 amide bonds. The summed E-state index contributed by atoms with van der Waals surface area (Å²) in [6, 6.07) is 14.4. The number of methoxy groups -OCH3 is 1. The van der Waals surface area contributed by atoms with Crippen molar-refractivity contribution in [1.29, 1.82) is 0 Å². The predicted molar refractivity (Wildman–Crippen MR) is 107 cm³/mol. The van der Waals surface area contributed by atoms with Gasteiger partial charge < -0.3 is 14.6 Å². The number of hydrogen-bond acceptors (Lipinski definition) is 3. The van der Waals surface area contributed by atoms with Crippen LogP contribution in [0.2, 0.25) is 5.02 Å². The highest BCUT2D eigenvalue weighted by Crippen LogP contribution is 2.24. The van der Waals surface area contributed by atoms with Crippen LogP contribution < -0.4 is 10.1 Å². The van der Waals surface area contributed by atoms with Crippen LogP contribution >= 0.6 is 11.6 Å². The highest BCUT2D eigenvalue weighted by Gasteiger charge is 2.20. The standard InChI is InChI=1S/C21H20ClN3O2/c1-25-13-12-23-21(25)20(16-4-3-5-18(14-16)27-2)24-19(26)11-8-15-6-9-17(22)10-7-15/h3-14,20H,1-2H3,(H,24,26)/b11-8+. The first kappa shape index (κ1) is 18.7. The zero-order valence-electron chi connectivity index (χ0n) is 15.1. The van der Waals surface area contributed by atoms with Crippen LogP contribution in [0, 0.1) is 0 Å². The number of rotatable bonds is 6. The van der Waals surface area contributed by atoms with Gasteiger partial charge in [-0.05, 0) is 41.5 Å². The van der Waals surface area contributed by atoms with E-state index in [9.17, 15) is 4.79 Å². The molecule has 0 radical (unpaired) electrons. The van der Waals surface area contributed by atoms with Crippen LogP contribution in [0.5, 0.6) is 5.75 Å². The van der Waals surface area contributed by atoms with Crippen molar-refractivity contribution in [3.8, 4) is 5.75 Å². The van der Waals surface area contributed by atoms with Gasteiger partial charge in [0.25, 0.3) is 0 Å². The second kappa shape index (κ2) is 8.56. The monoisotopic (exact) mass is 381 g/mol. The van der Waals surface area contributed by atoms with Gasteiger partial charge in [0.2, 0.25) is 5.91 Å². The zero-order valence-corrected chi connectivity index (χ0v) is 15.9. The molecule has 5 nitrogen and oxygen atoms in total. The molecule has 0 aliphatic heterocycles. The van der Waals surface area contributed by atoms with E-state index in [2.05, 4.69) is 10.3 Å². The van der Waals surface area contributed by atoms with Crippen LogP contribution in [0.4, 0.5) is 0 Å². The number of amides is 1. The van der Waals surface area contributed by atoms with Crippen LogP contribution in [0.3, 0.4) is 0 Å². The Bertz CT molecular complexity index is 948. The topological polar surface area (TPSA) is 56.1 Å². The van der Waals surface area contributed by atoms with Gasteiger partial charge in [-0.15, -0.1) is 0 Å². The van der Waals surface area contributed by atoms with Crippen LogP contribution in [0.1, 0.15) is 23.0 Å². The molecule has 1 unspecified atom stereocenters. The van der Waals surface area contributed by atoms with Gasteiger partial charge in [0, 0.05) is 30.5 Å². The van der Waals surface area contributed by atoms with Crippen molar-refractivity contribution in [3.63, 3.8) is 0 Å². The molecule has 1 heterocycles. The van der Waals surface area contributed by atoms with Crippen molar-refractivity contribution in [2.75, 3.05) is 7.11 Å². The molecule has 27 heavy (non-hydrogen) atoms. The van der Waals surface area contributed by atoms with E-state index in [-0.39, 0.29) is 5.91 Å². The van der Waals surface area contributed by atoms with E-state index in [4.69, 9.17) is 16.3 Å². The summed E-state index contributed by atoms with van der Waals surface area (Å²) in [4.78, 5) is 16.9. The summed E-state index contributed by atoms with van der Waals surface area (Å²) >= 11 is 5.88. The molecule has 6 heteroatoms. The largest absolute Gasteiger partial charge is 0.497 e. The van der Waals surface area contributed by atoms with E-state index in [1.807, 2.05) is 54.2 Å². The first-order valence-electron chi connectivity index (χ1n) is 8.42. The van der Waals surface area contributed by atoms with Crippen molar-refractivity contribution < 1.29 is 9.53 Å². The molecule has 3 aromatic rings. The minimum absolute atomic E-state index is 0.222. The highest BCUT2D eigenvalue weighted by atomic mass is 35.5. The second-order valence-corrected chi connectivity index (χ2v) is 6.44. The Balaban J connectivity index is 1.84. The number of halogens is 1. The van der Waals surface area contributed by atoms with Gasteiger partial charge in [-0.2, -0.15) is 0 Å². The first-order valence-corrected chi connectivity index (χ1v) is 8.80. The van der Waals surface area contributed by atoms with Gasteiger partial charge in [0.15, 0.2) is 0 Å². The summed E-state index contributed by atoms with van der Waals surface area (Å²) in [7, 11) is 3.51. The number of carbonyl (C=O) groups is 1. The molecular weight excluding hydrogens is 362 g/mol. The number of aryl methyl sites for hydroxylation is 1. The molecule has 2 aromatic carbocycles. The molecule has 0 bridgehead atoms. The molecule has 1 atom stereocenters. The maximum Gasteiger partial charge on any atom is 0.244 e. The van der Waals surface area contributed by atoms with Crippen molar-refractivity contribution >= 4 is 23.6 Å². The Labute approximate surface area is 163 Å². The summed E-state index contributed by atoms with van der Waals surface area (Å²) in [5.41, 5.74) is 1.78. The zero-order chi connectivity index (χ0) is 19.2. The van der Waals surface area contributed by atoms with Crippen LogP contribution in [-0.4, -0.2) is 22.6 Å². The summed E-state index contributed by atoms with van der Waals surface area (Å²) in [5, 5.41) is 3.68. The van der Waals surface area contributed by atoms with Crippen molar-refractivity contribution in [2.24, 2.45) is 7.05 Å². The number of nitrogens with zero attached hydrogens (tertiary/aromatic N) is 2. The predicted octanol–water partition coefficient (Wildman–Crippen LogP) is 4.00. The number of nitrogens with one attached hydrogen (secondary N) is 1. The lowest BCUT2D eigenvalue weighted by atomic mass is 10.1. The normalized spacial score (nSPS) is 12.1. The Morgan fingerprint density at radius 2 is 2.04 bits per heavy atom. The fraction of sp³-hybridized carbons (Fsp3) is 0.143. The fourth-order valence-electron chi connectivity index (χ4n) is 2.71. The van der Waals surface area contributed by atoms with Gasteiger partial charge in [0.1, 0.15) is 17.6 Å². The average Bonchev–Trinajstić information content (AvgIpc) is 3.11. The Kier molecular flexibility index (Phi) is 5.94. The van der Waals surface area contributed by atoms with Gasteiger partial charge in [0.05, 0.1) is 7.11 Å². The van der Waals surface area contributed by atoms with Gasteiger partial charge in [-0.25, -0.2) is 4.98 Å². The Morgan fingerprint density at radius 1 is 1.26 bits per heavy atom. The number of aromatic nitrogens is 2. The number of carbonyl (C=O) groups excluding carboxylic acids is 1. The minimum atomic E-state index is -0.400. The smallest absolute Gasteiger partial charge is 0.244 e. The van der Waals surface area contributed by atoms with E-state index in [1.165, 1.54) is 6.08 Å². The summed E-state index contributed by atoms with van der Waals surface area (Å²) in [5.74, 6) is 1.23. The van der Waals surface area contributed by atoms with Crippen LogP contribution in [0.25, 0.3) is 6.08 Å². The second-order valence-electron chi connectivity index (χ2n) is 6.00. The third-order valence-corrected chi connectivity index (χ3v) is 4.38. The molecule has 0 fully saturated rings. The lowest BCUT2D eigenvalue weighted by Crippen LogP contribution is -2.29. The van der Waals surface area contributed by atoms with Crippen molar-refractivity contribution in [2.45, 2.75) is 6.04 Å². The quantitative estimate of drug-likeness (QED) is 0.656. The van der Waals surface area contributed by atoms with Gasteiger partial charge in [-0.1, -0.05) is 35.9 Å². The molecule has 0 aliphatic carbocycles. The fourth-order valence-corrected chi connectivity index (χ4v) is 2.84. The van der Waals surface area contributed by atoms with E-state index < -0.39 is 6.04 Å². The average molecular weight is 382 g/mol. The first-order chi connectivity index (χ1) is 13.1. The minimum Gasteiger partial charge on any atom is -0.497 e. The molecule has 0 saturated heterocycles. The molecule has 1 N–H and O–H groups in total. The van der Waals surface area contributed by atoms with Crippen LogP contribution in [-0.2, 0) is 11.8 Å². The highest BCUT2D eigenvalue weighted by molar-refractivity contribution is 6.30. The number of hydrogen-bond donors (Lipinski definition) is 1. The van der Waals surface area contributed by atoms with E-state index in [1.54, 1.807) is 31.5 Å². The molecule has 1 aromatic heterocycles. The molecular formula is C21H20ClN3O2. The van der Waals surface area contributed by atoms with E-state index in [0.29, 0.717) is 5.02 Å². The van der Waals surface area contributed by atoms with E-state index in [0.717, 1.165) is 22.7 Å². The lowest BCUT2D eigenvalue weighted by molar-refractivity contribution is -0.117. The molecule has 3 rings (SSSR count). The lowest BCUT2D eigenvalue weighted by Gasteiger charge is -2.19. The molecule has 0 aliphatic rings. The summed E-state index contributed by atoms with van der Waals surface area (Å²) < 4.78 is 7.19. The Hall–Kier alpha value is -3.05. The van der Waals surface area contributed by atoms with Crippen molar-refractivity contribution in [3.05, 3.63) is 89.0 Å². The van der Waals surface area contributed by atoms with Crippen LogP contribution in [0.15, 0.2) is 67.0 Å². The van der Waals surface area contributed by atoms with Gasteiger partial charge >= 0.3 is 0 Å². The molecule has 0 saturated carbocycles. The summed E-state index contributed by atoms with van der Waals surface area (Å²) in [6.07, 6.45) is 6.79. The summed E-state index contributed by atoms with van der Waals surface area (Å²) in [6.45, 7) is 0. The SMILES string of the molecule is COc1cccc(C(NC(=O)/C=C/c2ccc(Cl)cc2)c2nccn2C)c1. The maximum atomic E-state index is 12.5. The Morgan fingerprint density at radius 3 is 2.70 bits per heavy atom. The number of imidazole rings is 1. The molecule has 0 spiro atoms. The number of benzene rings is 2.